The van der Waals surface area contributed by atoms with E-state index in [9.17, 15) is 9.59 Å². The predicted molar refractivity (Wildman–Crippen MR) is 101 cm³/mol. The molecule has 1 aromatic heterocycles. The van der Waals surface area contributed by atoms with E-state index in [-0.39, 0.29) is 17.6 Å². The zero-order valence-electron chi connectivity index (χ0n) is 15.2. The van der Waals surface area contributed by atoms with Gasteiger partial charge in [-0.3, -0.25) is 9.59 Å². The van der Waals surface area contributed by atoms with Gasteiger partial charge < -0.3 is 15.1 Å². The summed E-state index contributed by atoms with van der Waals surface area (Å²) in [6.07, 6.45) is 5.39. The number of allylic oxidation sites excluding steroid dienone is 3. The van der Waals surface area contributed by atoms with Crippen LogP contribution in [0.25, 0.3) is 0 Å². The molecule has 2 aromatic rings. The third-order valence-corrected chi connectivity index (χ3v) is 5.19. The molecule has 2 N–H and O–H groups in total. The van der Waals surface area contributed by atoms with Crippen LogP contribution < -0.4 is 10.6 Å². The van der Waals surface area contributed by atoms with Gasteiger partial charge in [-0.15, -0.1) is 0 Å². The van der Waals surface area contributed by atoms with E-state index in [1.54, 1.807) is 12.5 Å². The molecule has 1 aromatic carbocycles. The zero-order chi connectivity index (χ0) is 18.8. The molecule has 1 amide bonds. The lowest BCUT2D eigenvalue weighted by atomic mass is 9.75. The Morgan fingerprint density at radius 3 is 2.78 bits per heavy atom. The van der Waals surface area contributed by atoms with E-state index < -0.39 is 0 Å². The van der Waals surface area contributed by atoms with Crippen molar-refractivity contribution in [1.82, 2.24) is 10.6 Å². The van der Waals surface area contributed by atoms with Gasteiger partial charge in [-0.05, 0) is 31.4 Å². The fourth-order valence-corrected chi connectivity index (χ4v) is 3.93. The molecule has 5 nitrogen and oxygen atoms in total. The Kier molecular flexibility index (Phi) is 4.67. The second-order valence-electron chi connectivity index (χ2n) is 6.99. The molecule has 2 aliphatic rings. The lowest BCUT2D eigenvalue weighted by molar-refractivity contribution is -0.118. The Labute approximate surface area is 158 Å². The number of rotatable bonds is 4. The van der Waals surface area contributed by atoms with Crippen molar-refractivity contribution in [3.05, 3.63) is 82.6 Å². The third-order valence-electron chi connectivity index (χ3n) is 5.19. The van der Waals surface area contributed by atoms with Crippen LogP contribution in [0.4, 0.5) is 0 Å². The molecule has 0 saturated heterocycles. The fraction of sp³-hybridized carbons (Fsp3) is 0.273. The SMILES string of the molecule is CC1=C(C(=O)NCc2ccccc2)C(c2ccoc2)C2=C(CCCC2=O)N1. The maximum atomic E-state index is 13.1. The number of amides is 1. The molecule has 0 radical (unpaired) electrons. The van der Waals surface area contributed by atoms with Crippen LogP contribution >= 0.6 is 0 Å². The summed E-state index contributed by atoms with van der Waals surface area (Å²) < 4.78 is 5.27. The molecule has 2 heterocycles. The van der Waals surface area contributed by atoms with Gasteiger partial charge >= 0.3 is 0 Å². The number of ketones is 1. The second kappa shape index (κ2) is 7.27. The van der Waals surface area contributed by atoms with Crippen molar-refractivity contribution in [2.75, 3.05) is 0 Å². The Balaban J connectivity index is 1.67. The maximum Gasteiger partial charge on any atom is 0.250 e. The summed E-state index contributed by atoms with van der Waals surface area (Å²) in [5.41, 5.74) is 4.89. The largest absolute Gasteiger partial charge is 0.472 e. The first-order valence-corrected chi connectivity index (χ1v) is 9.23. The van der Waals surface area contributed by atoms with Gasteiger partial charge in [-0.1, -0.05) is 30.3 Å². The molecule has 1 aliphatic carbocycles. The molecule has 4 rings (SSSR count). The summed E-state index contributed by atoms with van der Waals surface area (Å²) >= 11 is 0. The first kappa shape index (κ1) is 17.3. The molecule has 0 bridgehead atoms. The van der Waals surface area contributed by atoms with Crippen LogP contribution in [0, 0.1) is 0 Å². The Hall–Kier alpha value is -3.08. The zero-order valence-corrected chi connectivity index (χ0v) is 15.2. The minimum atomic E-state index is -0.386. The average Bonchev–Trinajstić information content (AvgIpc) is 3.20. The molecule has 1 atom stereocenters. The monoisotopic (exact) mass is 362 g/mol. The highest BCUT2D eigenvalue weighted by atomic mass is 16.3. The number of carbonyl (C=O) groups excluding carboxylic acids is 2. The first-order chi connectivity index (χ1) is 13.1. The van der Waals surface area contributed by atoms with Gasteiger partial charge in [-0.25, -0.2) is 0 Å². The van der Waals surface area contributed by atoms with Crippen LogP contribution in [0.3, 0.4) is 0 Å². The standard InChI is InChI=1S/C22H22N2O3/c1-14-19(22(26)23-12-15-6-3-2-4-7-15)20(16-10-11-27-13-16)21-17(24-14)8-5-9-18(21)25/h2-4,6-7,10-11,13,20,24H,5,8-9,12H2,1H3,(H,23,26). The molecular weight excluding hydrogens is 340 g/mol. The molecule has 5 heteroatoms. The number of furan rings is 1. The van der Waals surface area contributed by atoms with E-state index in [0.29, 0.717) is 24.1 Å². The number of hydrogen-bond donors (Lipinski definition) is 2. The van der Waals surface area contributed by atoms with Gasteiger partial charge in [0.25, 0.3) is 0 Å². The summed E-state index contributed by atoms with van der Waals surface area (Å²) in [6, 6.07) is 11.6. The van der Waals surface area contributed by atoms with Crippen molar-refractivity contribution in [1.29, 1.82) is 0 Å². The summed E-state index contributed by atoms with van der Waals surface area (Å²) in [7, 11) is 0. The van der Waals surface area contributed by atoms with Gasteiger partial charge in [-0.2, -0.15) is 0 Å². The average molecular weight is 362 g/mol. The Morgan fingerprint density at radius 1 is 1.22 bits per heavy atom. The maximum absolute atomic E-state index is 13.1. The first-order valence-electron chi connectivity index (χ1n) is 9.23. The molecule has 1 aliphatic heterocycles. The summed E-state index contributed by atoms with van der Waals surface area (Å²) in [5.74, 6) is -0.445. The van der Waals surface area contributed by atoms with E-state index in [2.05, 4.69) is 10.6 Å². The van der Waals surface area contributed by atoms with Gasteiger partial charge in [0.05, 0.1) is 12.5 Å². The van der Waals surface area contributed by atoms with E-state index in [1.165, 1.54) is 0 Å². The minimum absolute atomic E-state index is 0.107. The van der Waals surface area contributed by atoms with Crippen LogP contribution in [0.2, 0.25) is 0 Å². The van der Waals surface area contributed by atoms with Gasteiger partial charge in [0.1, 0.15) is 0 Å². The van der Waals surface area contributed by atoms with E-state index >= 15 is 0 Å². The van der Waals surface area contributed by atoms with Crippen LogP contribution in [0.1, 0.15) is 43.2 Å². The molecular formula is C22H22N2O3. The van der Waals surface area contributed by atoms with Crippen LogP contribution in [0.15, 0.2) is 75.9 Å². The van der Waals surface area contributed by atoms with Crippen molar-refractivity contribution in [2.45, 2.75) is 38.6 Å². The number of hydrogen-bond acceptors (Lipinski definition) is 4. The van der Waals surface area contributed by atoms with Crippen molar-refractivity contribution >= 4 is 11.7 Å². The lowest BCUT2D eigenvalue weighted by Gasteiger charge is -2.33. The molecule has 0 spiro atoms. The Bertz CT molecular complexity index is 924. The molecule has 0 saturated carbocycles. The van der Waals surface area contributed by atoms with Gasteiger partial charge in [0, 0.05) is 47.0 Å². The quantitative estimate of drug-likeness (QED) is 0.872. The highest BCUT2D eigenvalue weighted by Gasteiger charge is 2.38. The number of carbonyl (C=O) groups is 2. The van der Waals surface area contributed by atoms with Crippen molar-refractivity contribution in [2.24, 2.45) is 0 Å². The van der Waals surface area contributed by atoms with Gasteiger partial charge in [0.15, 0.2) is 5.78 Å². The third kappa shape index (κ3) is 3.33. The minimum Gasteiger partial charge on any atom is -0.472 e. The summed E-state index contributed by atoms with van der Waals surface area (Å²) in [5, 5.41) is 6.32. The Morgan fingerprint density at radius 2 is 2.04 bits per heavy atom. The second-order valence-corrected chi connectivity index (χ2v) is 6.99. The highest BCUT2D eigenvalue weighted by Crippen LogP contribution is 2.42. The lowest BCUT2D eigenvalue weighted by Crippen LogP contribution is -2.37. The van der Waals surface area contributed by atoms with E-state index in [0.717, 1.165) is 35.4 Å². The predicted octanol–water partition coefficient (Wildman–Crippen LogP) is 3.56. The smallest absolute Gasteiger partial charge is 0.250 e. The molecule has 138 valence electrons. The number of Topliss-reactive ketones (excluding diaryl/α,β-unsaturated/α-hetero) is 1. The summed E-state index contributed by atoms with van der Waals surface area (Å²) in [4.78, 5) is 25.8. The van der Waals surface area contributed by atoms with E-state index in [1.807, 2.05) is 43.3 Å². The van der Waals surface area contributed by atoms with E-state index in [4.69, 9.17) is 4.42 Å². The number of nitrogens with one attached hydrogen (secondary N) is 2. The van der Waals surface area contributed by atoms with Crippen molar-refractivity contribution in [3.8, 4) is 0 Å². The normalized spacial score (nSPS) is 19.6. The van der Waals surface area contributed by atoms with Crippen LogP contribution in [-0.4, -0.2) is 11.7 Å². The molecule has 0 fully saturated rings. The molecule has 27 heavy (non-hydrogen) atoms. The van der Waals surface area contributed by atoms with Crippen LogP contribution in [-0.2, 0) is 16.1 Å². The number of benzene rings is 1. The van der Waals surface area contributed by atoms with Crippen molar-refractivity contribution < 1.29 is 14.0 Å². The van der Waals surface area contributed by atoms with Gasteiger partial charge in [0.2, 0.25) is 5.91 Å². The van der Waals surface area contributed by atoms with Crippen LogP contribution in [0.5, 0.6) is 0 Å². The topological polar surface area (TPSA) is 71.3 Å². The summed E-state index contributed by atoms with van der Waals surface area (Å²) in [6.45, 7) is 2.34. The van der Waals surface area contributed by atoms with Crippen molar-refractivity contribution in [3.63, 3.8) is 0 Å². The number of dihydropyridines is 1. The molecule has 1 unspecified atom stereocenters. The fourth-order valence-electron chi connectivity index (χ4n) is 3.93. The highest BCUT2D eigenvalue weighted by molar-refractivity contribution is 6.05.